The number of carbonyl (C=O) groups excluding carboxylic acids is 1. The van der Waals surface area contributed by atoms with Crippen LogP contribution in [0.15, 0.2) is 28.9 Å². The maximum atomic E-state index is 12.2. The third kappa shape index (κ3) is 4.54. The van der Waals surface area contributed by atoms with Gasteiger partial charge in [0, 0.05) is 13.1 Å². The number of rotatable bonds is 7. The molecule has 1 atom stereocenters. The molecule has 1 N–H and O–H groups in total. The number of methoxy groups -OCH3 is 1. The number of benzene rings is 1. The molecule has 1 saturated heterocycles. The van der Waals surface area contributed by atoms with Crippen molar-refractivity contribution in [3.05, 3.63) is 41.6 Å². The van der Waals surface area contributed by atoms with E-state index in [1.807, 2.05) is 25.1 Å². The molecule has 140 valence electrons. The summed E-state index contributed by atoms with van der Waals surface area (Å²) in [4.78, 5) is 18.7. The van der Waals surface area contributed by atoms with E-state index >= 15 is 0 Å². The van der Waals surface area contributed by atoms with Gasteiger partial charge in [0.05, 0.1) is 7.11 Å². The molecular formula is C19H25N3O4. The Bertz CT molecular complexity index is 759. The minimum atomic E-state index is -0.220. The number of ether oxygens (including phenoxy) is 2. The Labute approximate surface area is 153 Å². The van der Waals surface area contributed by atoms with E-state index in [0.29, 0.717) is 29.9 Å². The first kappa shape index (κ1) is 18.3. The van der Waals surface area contributed by atoms with Crippen molar-refractivity contribution in [1.29, 1.82) is 0 Å². The standard InChI is InChI=1S/C19H25N3O4/c1-13-4-5-16(17(8-13)24-3)25-12-18-21-15(11-26-18)19(23)20-9-14-6-7-22(2)10-14/h4-5,8,11,14H,6-7,9-10,12H2,1-3H3,(H,20,23). The van der Waals surface area contributed by atoms with Crippen molar-refractivity contribution in [3.63, 3.8) is 0 Å². The molecule has 1 aromatic carbocycles. The van der Waals surface area contributed by atoms with E-state index < -0.39 is 0 Å². The summed E-state index contributed by atoms with van der Waals surface area (Å²) in [6.07, 6.45) is 2.47. The van der Waals surface area contributed by atoms with Gasteiger partial charge in [-0.2, -0.15) is 0 Å². The topological polar surface area (TPSA) is 76.8 Å². The summed E-state index contributed by atoms with van der Waals surface area (Å²) < 4.78 is 16.3. The van der Waals surface area contributed by atoms with Gasteiger partial charge in [-0.15, -0.1) is 0 Å². The van der Waals surface area contributed by atoms with Crippen LogP contribution in [0.4, 0.5) is 0 Å². The largest absolute Gasteiger partial charge is 0.493 e. The van der Waals surface area contributed by atoms with Gasteiger partial charge in [0.15, 0.2) is 23.8 Å². The highest BCUT2D eigenvalue weighted by molar-refractivity contribution is 5.91. The molecule has 3 rings (SSSR count). The van der Waals surface area contributed by atoms with Crippen LogP contribution in [0.2, 0.25) is 0 Å². The SMILES string of the molecule is COc1cc(C)ccc1OCc1nc(C(=O)NCC2CCN(C)C2)co1. The lowest BCUT2D eigenvalue weighted by atomic mass is 10.1. The molecule has 1 aliphatic rings. The molecular weight excluding hydrogens is 334 g/mol. The fraction of sp³-hybridized carbons (Fsp3) is 0.474. The van der Waals surface area contributed by atoms with Crippen LogP contribution in [0, 0.1) is 12.8 Å². The average molecular weight is 359 g/mol. The summed E-state index contributed by atoms with van der Waals surface area (Å²) in [7, 11) is 3.69. The van der Waals surface area contributed by atoms with Crippen LogP contribution in [0.25, 0.3) is 0 Å². The fourth-order valence-electron chi connectivity index (χ4n) is 3.04. The third-order valence-corrected chi connectivity index (χ3v) is 4.49. The number of carbonyl (C=O) groups is 1. The monoisotopic (exact) mass is 359 g/mol. The van der Waals surface area contributed by atoms with Gasteiger partial charge in [0.1, 0.15) is 6.26 Å². The van der Waals surface area contributed by atoms with Crippen molar-refractivity contribution < 1.29 is 18.7 Å². The van der Waals surface area contributed by atoms with E-state index in [9.17, 15) is 4.79 Å². The third-order valence-electron chi connectivity index (χ3n) is 4.49. The maximum Gasteiger partial charge on any atom is 0.273 e. The van der Waals surface area contributed by atoms with Gasteiger partial charge in [-0.05, 0) is 50.6 Å². The van der Waals surface area contributed by atoms with Crippen LogP contribution >= 0.6 is 0 Å². The van der Waals surface area contributed by atoms with Crippen molar-refractivity contribution in [2.75, 3.05) is 33.8 Å². The molecule has 2 heterocycles. The van der Waals surface area contributed by atoms with Crippen molar-refractivity contribution in [2.24, 2.45) is 5.92 Å². The molecule has 0 saturated carbocycles. The molecule has 2 aromatic rings. The molecule has 0 aliphatic carbocycles. The zero-order valence-electron chi connectivity index (χ0n) is 15.4. The number of aryl methyl sites for hydroxylation is 1. The molecule has 0 bridgehead atoms. The van der Waals surface area contributed by atoms with Gasteiger partial charge >= 0.3 is 0 Å². The van der Waals surface area contributed by atoms with Crippen LogP contribution in [0.1, 0.15) is 28.4 Å². The Balaban J connectivity index is 1.52. The first-order valence-corrected chi connectivity index (χ1v) is 8.73. The maximum absolute atomic E-state index is 12.2. The molecule has 1 aromatic heterocycles. The summed E-state index contributed by atoms with van der Waals surface area (Å²) in [6.45, 7) is 4.85. The van der Waals surface area contributed by atoms with Gasteiger partial charge in [0.25, 0.3) is 5.91 Å². The molecule has 7 heteroatoms. The Morgan fingerprint density at radius 2 is 2.27 bits per heavy atom. The van der Waals surface area contributed by atoms with E-state index in [1.54, 1.807) is 7.11 Å². The Morgan fingerprint density at radius 3 is 3.00 bits per heavy atom. The zero-order valence-corrected chi connectivity index (χ0v) is 15.4. The van der Waals surface area contributed by atoms with Crippen molar-refractivity contribution >= 4 is 5.91 Å². The second kappa shape index (κ2) is 8.23. The number of amides is 1. The molecule has 7 nitrogen and oxygen atoms in total. The first-order chi connectivity index (χ1) is 12.5. The smallest absolute Gasteiger partial charge is 0.273 e. The lowest BCUT2D eigenvalue weighted by Gasteiger charge is -2.10. The van der Waals surface area contributed by atoms with E-state index in [-0.39, 0.29) is 18.2 Å². The van der Waals surface area contributed by atoms with E-state index in [4.69, 9.17) is 13.9 Å². The van der Waals surface area contributed by atoms with Crippen LogP contribution < -0.4 is 14.8 Å². The summed E-state index contributed by atoms with van der Waals surface area (Å²) in [5.74, 6) is 1.87. The van der Waals surface area contributed by atoms with Crippen LogP contribution in [0.3, 0.4) is 0 Å². The highest BCUT2D eigenvalue weighted by atomic mass is 16.5. The second-order valence-electron chi connectivity index (χ2n) is 6.70. The van der Waals surface area contributed by atoms with Crippen molar-refractivity contribution in [1.82, 2.24) is 15.2 Å². The van der Waals surface area contributed by atoms with Crippen LogP contribution in [0.5, 0.6) is 11.5 Å². The molecule has 1 amide bonds. The van der Waals surface area contributed by atoms with E-state index in [2.05, 4.69) is 22.2 Å². The Hall–Kier alpha value is -2.54. The minimum Gasteiger partial charge on any atom is -0.493 e. The number of aromatic nitrogens is 1. The van der Waals surface area contributed by atoms with Gasteiger partial charge in [-0.3, -0.25) is 4.79 Å². The lowest BCUT2D eigenvalue weighted by Crippen LogP contribution is -2.30. The molecule has 1 fully saturated rings. The molecule has 1 aliphatic heterocycles. The van der Waals surface area contributed by atoms with E-state index in [0.717, 1.165) is 25.1 Å². The van der Waals surface area contributed by atoms with Gasteiger partial charge in [-0.1, -0.05) is 6.07 Å². The normalized spacial score (nSPS) is 17.3. The van der Waals surface area contributed by atoms with Crippen LogP contribution in [-0.2, 0) is 6.61 Å². The molecule has 1 unspecified atom stereocenters. The summed E-state index contributed by atoms with van der Waals surface area (Å²) in [6, 6.07) is 5.67. The zero-order chi connectivity index (χ0) is 18.5. The van der Waals surface area contributed by atoms with Crippen LogP contribution in [-0.4, -0.2) is 49.6 Å². The average Bonchev–Trinajstić information content (AvgIpc) is 3.27. The first-order valence-electron chi connectivity index (χ1n) is 8.73. The molecule has 26 heavy (non-hydrogen) atoms. The van der Waals surface area contributed by atoms with Gasteiger partial charge in [0.2, 0.25) is 5.89 Å². The molecule has 0 spiro atoms. The quantitative estimate of drug-likeness (QED) is 0.817. The summed E-state index contributed by atoms with van der Waals surface area (Å²) in [5.41, 5.74) is 1.35. The summed E-state index contributed by atoms with van der Waals surface area (Å²) >= 11 is 0. The van der Waals surface area contributed by atoms with E-state index in [1.165, 1.54) is 6.26 Å². The molecule has 0 radical (unpaired) electrons. The minimum absolute atomic E-state index is 0.125. The number of oxazole rings is 1. The number of likely N-dealkylation sites (tertiary alicyclic amines) is 1. The number of hydrogen-bond donors (Lipinski definition) is 1. The summed E-state index contributed by atoms with van der Waals surface area (Å²) in [5, 5.41) is 2.92. The Morgan fingerprint density at radius 1 is 1.42 bits per heavy atom. The second-order valence-corrected chi connectivity index (χ2v) is 6.70. The predicted octanol–water partition coefficient (Wildman–Crippen LogP) is 2.25. The number of hydrogen-bond acceptors (Lipinski definition) is 6. The number of nitrogens with one attached hydrogen (secondary N) is 1. The lowest BCUT2D eigenvalue weighted by molar-refractivity contribution is 0.0942. The van der Waals surface area contributed by atoms with Crippen molar-refractivity contribution in [2.45, 2.75) is 20.0 Å². The van der Waals surface area contributed by atoms with Gasteiger partial charge < -0.3 is 24.1 Å². The fourth-order valence-corrected chi connectivity index (χ4v) is 3.04. The van der Waals surface area contributed by atoms with Crippen molar-refractivity contribution in [3.8, 4) is 11.5 Å². The van der Waals surface area contributed by atoms with Gasteiger partial charge in [-0.25, -0.2) is 4.98 Å². The predicted molar refractivity (Wildman–Crippen MR) is 96.5 cm³/mol. The highest BCUT2D eigenvalue weighted by Crippen LogP contribution is 2.28. The highest BCUT2D eigenvalue weighted by Gasteiger charge is 2.21. The Kier molecular flexibility index (Phi) is 5.78. The number of nitrogens with zero attached hydrogens (tertiary/aromatic N) is 2.